The van der Waals surface area contributed by atoms with Crippen LogP contribution in [0.1, 0.15) is 24.2 Å². The van der Waals surface area contributed by atoms with Crippen LogP contribution in [-0.2, 0) is 4.74 Å². The molecule has 0 aromatic carbocycles. The molecule has 0 radical (unpaired) electrons. The van der Waals surface area contributed by atoms with Crippen molar-refractivity contribution in [3.63, 3.8) is 0 Å². The Morgan fingerprint density at radius 1 is 1.20 bits per heavy atom. The second-order valence-corrected chi connectivity index (χ2v) is 6.79. The van der Waals surface area contributed by atoms with E-state index in [-0.39, 0.29) is 11.4 Å². The molecule has 7 nitrogen and oxygen atoms in total. The molecule has 1 amide bonds. The van der Waals surface area contributed by atoms with Crippen LogP contribution in [0.5, 0.6) is 0 Å². The van der Waals surface area contributed by atoms with Crippen molar-refractivity contribution in [2.45, 2.75) is 19.4 Å². The molecule has 0 atom stereocenters. The molecule has 1 fully saturated rings. The molecular formula is C18H23N5O2. The van der Waals surface area contributed by atoms with Gasteiger partial charge in [-0.25, -0.2) is 9.97 Å². The van der Waals surface area contributed by atoms with Crippen molar-refractivity contribution in [2.24, 2.45) is 0 Å². The number of carbonyl (C=O) groups excluding carboxylic acids is 1. The normalized spacial score (nSPS) is 15.8. The number of hydrogen-bond donors (Lipinski definition) is 1. The number of amides is 1. The van der Waals surface area contributed by atoms with Crippen LogP contribution in [0.2, 0.25) is 0 Å². The van der Waals surface area contributed by atoms with Gasteiger partial charge in [0.2, 0.25) is 0 Å². The van der Waals surface area contributed by atoms with Gasteiger partial charge in [-0.3, -0.25) is 14.7 Å². The maximum Gasteiger partial charge on any atom is 0.253 e. The van der Waals surface area contributed by atoms with Crippen LogP contribution in [-0.4, -0.2) is 64.1 Å². The molecular weight excluding hydrogens is 318 g/mol. The molecule has 132 valence electrons. The highest BCUT2D eigenvalue weighted by Crippen LogP contribution is 2.15. The van der Waals surface area contributed by atoms with Crippen molar-refractivity contribution in [2.75, 3.05) is 32.8 Å². The Morgan fingerprint density at radius 3 is 2.56 bits per heavy atom. The minimum atomic E-state index is -0.333. The van der Waals surface area contributed by atoms with E-state index >= 15 is 0 Å². The first kappa shape index (κ1) is 17.4. The van der Waals surface area contributed by atoms with Crippen molar-refractivity contribution >= 4 is 5.91 Å². The predicted molar refractivity (Wildman–Crippen MR) is 94.1 cm³/mol. The summed E-state index contributed by atoms with van der Waals surface area (Å²) in [7, 11) is 0. The number of aromatic nitrogens is 3. The predicted octanol–water partition coefficient (Wildman–Crippen LogP) is 1.38. The summed E-state index contributed by atoms with van der Waals surface area (Å²) in [6.45, 7) is 8.14. The number of hydrogen-bond acceptors (Lipinski definition) is 6. The molecule has 0 saturated carbocycles. The summed E-state index contributed by atoms with van der Waals surface area (Å²) in [5.41, 5.74) is 1.77. The fraction of sp³-hybridized carbons (Fsp3) is 0.444. The first-order valence-electron chi connectivity index (χ1n) is 8.38. The summed E-state index contributed by atoms with van der Waals surface area (Å²) in [6.07, 6.45) is 6.45. The Hall–Kier alpha value is -2.38. The molecule has 1 N–H and O–H groups in total. The lowest BCUT2D eigenvalue weighted by Gasteiger charge is -2.35. The van der Waals surface area contributed by atoms with Crippen molar-refractivity contribution in [3.05, 3.63) is 42.6 Å². The lowest BCUT2D eigenvalue weighted by molar-refractivity contribution is 0.0269. The molecule has 7 heteroatoms. The molecule has 0 spiro atoms. The molecule has 0 unspecified atom stereocenters. The number of carbonyl (C=O) groups is 1. The van der Waals surface area contributed by atoms with Crippen LogP contribution in [0, 0.1) is 0 Å². The molecule has 1 aliphatic rings. The molecule has 25 heavy (non-hydrogen) atoms. The molecule has 1 aliphatic heterocycles. The van der Waals surface area contributed by atoms with Gasteiger partial charge >= 0.3 is 0 Å². The topological polar surface area (TPSA) is 80.2 Å². The van der Waals surface area contributed by atoms with E-state index in [9.17, 15) is 4.79 Å². The summed E-state index contributed by atoms with van der Waals surface area (Å²) < 4.78 is 5.37. The van der Waals surface area contributed by atoms with Crippen LogP contribution in [0.4, 0.5) is 0 Å². The Morgan fingerprint density at radius 2 is 1.92 bits per heavy atom. The van der Waals surface area contributed by atoms with E-state index in [1.165, 1.54) is 6.33 Å². The third-order valence-corrected chi connectivity index (χ3v) is 4.06. The third-order valence-electron chi connectivity index (χ3n) is 4.06. The molecule has 3 rings (SSSR count). The van der Waals surface area contributed by atoms with Crippen LogP contribution in [0.3, 0.4) is 0 Å². The lowest BCUT2D eigenvalue weighted by Crippen LogP contribution is -2.53. The minimum absolute atomic E-state index is 0.123. The van der Waals surface area contributed by atoms with Crippen molar-refractivity contribution in [1.29, 1.82) is 0 Å². The Labute approximate surface area is 147 Å². The SMILES string of the molecule is CC(C)(CN1CCOCC1)NC(=O)c1ccc(-c2cncnc2)nc1. The highest BCUT2D eigenvalue weighted by atomic mass is 16.5. The van der Waals surface area contributed by atoms with E-state index in [4.69, 9.17) is 4.74 Å². The van der Waals surface area contributed by atoms with E-state index in [0.717, 1.165) is 44.1 Å². The van der Waals surface area contributed by atoms with Gasteiger partial charge in [0.05, 0.1) is 24.5 Å². The fourth-order valence-corrected chi connectivity index (χ4v) is 2.87. The average molecular weight is 341 g/mol. The highest BCUT2D eigenvalue weighted by Gasteiger charge is 2.25. The zero-order valence-corrected chi connectivity index (χ0v) is 14.6. The molecule has 1 saturated heterocycles. The van der Waals surface area contributed by atoms with Gasteiger partial charge in [-0.1, -0.05) is 0 Å². The lowest BCUT2D eigenvalue weighted by atomic mass is 10.0. The zero-order valence-electron chi connectivity index (χ0n) is 14.6. The molecule has 0 bridgehead atoms. The molecule has 2 aromatic heterocycles. The largest absolute Gasteiger partial charge is 0.379 e. The van der Waals surface area contributed by atoms with E-state index in [0.29, 0.717) is 5.56 Å². The van der Waals surface area contributed by atoms with Crippen LogP contribution in [0.15, 0.2) is 37.1 Å². The first-order chi connectivity index (χ1) is 12.0. The average Bonchev–Trinajstić information content (AvgIpc) is 2.62. The van der Waals surface area contributed by atoms with E-state index in [1.54, 1.807) is 24.7 Å². The quantitative estimate of drug-likeness (QED) is 0.885. The number of nitrogens with zero attached hydrogens (tertiary/aromatic N) is 4. The smallest absolute Gasteiger partial charge is 0.253 e. The standard InChI is InChI=1S/C18H23N5O2/c1-18(2,12-23-5-7-25-8-6-23)22-17(24)14-3-4-16(21-11-14)15-9-19-13-20-10-15/h3-4,9-11,13H,5-8,12H2,1-2H3,(H,22,24). The summed E-state index contributed by atoms with van der Waals surface area (Å²) in [5, 5.41) is 3.09. The van der Waals surface area contributed by atoms with Crippen LogP contribution in [0.25, 0.3) is 11.3 Å². The Balaban J connectivity index is 1.62. The third kappa shape index (κ3) is 4.80. The number of rotatable bonds is 5. The number of ether oxygens (including phenoxy) is 1. The highest BCUT2D eigenvalue weighted by molar-refractivity contribution is 5.94. The van der Waals surface area contributed by atoms with Gasteiger partial charge in [0, 0.05) is 49.3 Å². The molecule has 3 heterocycles. The number of nitrogens with one attached hydrogen (secondary N) is 1. The second kappa shape index (κ2) is 7.67. The van der Waals surface area contributed by atoms with E-state index in [2.05, 4.69) is 25.2 Å². The van der Waals surface area contributed by atoms with Crippen LogP contribution >= 0.6 is 0 Å². The van der Waals surface area contributed by atoms with Gasteiger partial charge in [-0.05, 0) is 26.0 Å². The summed E-state index contributed by atoms with van der Waals surface area (Å²) in [5.74, 6) is -0.123. The van der Waals surface area contributed by atoms with Gasteiger partial charge < -0.3 is 10.1 Å². The Kier molecular flexibility index (Phi) is 5.35. The summed E-state index contributed by atoms with van der Waals surface area (Å²) in [4.78, 5) is 27.1. The van der Waals surface area contributed by atoms with Crippen molar-refractivity contribution in [3.8, 4) is 11.3 Å². The molecule has 2 aromatic rings. The van der Waals surface area contributed by atoms with Gasteiger partial charge in [-0.15, -0.1) is 0 Å². The number of pyridine rings is 1. The zero-order chi connectivity index (χ0) is 17.7. The number of morpholine rings is 1. The van der Waals surface area contributed by atoms with E-state index in [1.807, 2.05) is 19.9 Å². The van der Waals surface area contributed by atoms with Crippen LogP contribution < -0.4 is 5.32 Å². The first-order valence-corrected chi connectivity index (χ1v) is 8.38. The summed E-state index contributed by atoms with van der Waals surface area (Å²) in [6, 6.07) is 3.58. The van der Waals surface area contributed by atoms with Gasteiger partial charge in [0.1, 0.15) is 6.33 Å². The van der Waals surface area contributed by atoms with Crippen molar-refractivity contribution < 1.29 is 9.53 Å². The minimum Gasteiger partial charge on any atom is -0.379 e. The fourth-order valence-electron chi connectivity index (χ4n) is 2.87. The van der Waals surface area contributed by atoms with Gasteiger partial charge in [0.25, 0.3) is 5.91 Å². The maximum atomic E-state index is 12.5. The van der Waals surface area contributed by atoms with Crippen molar-refractivity contribution in [1.82, 2.24) is 25.2 Å². The Bertz CT molecular complexity index is 697. The second-order valence-electron chi connectivity index (χ2n) is 6.79. The summed E-state index contributed by atoms with van der Waals surface area (Å²) >= 11 is 0. The van der Waals surface area contributed by atoms with Gasteiger partial charge in [0.15, 0.2) is 0 Å². The molecule has 0 aliphatic carbocycles. The van der Waals surface area contributed by atoms with Gasteiger partial charge in [-0.2, -0.15) is 0 Å². The maximum absolute atomic E-state index is 12.5. The monoisotopic (exact) mass is 341 g/mol. The van der Waals surface area contributed by atoms with E-state index < -0.39 is 0 Å².